The summed E-state index contributed by atoms with van der Waals surface area (Å²) in [5, 5.41) is 2.99. The quantitative estimate of drug-likeness (QED) is 0.766. The first-order valence-corrected chi connectivity index (χ1v) is 6.53. The topological polar surface area (TPSA) is 61.4 Å². The van der Waals surface area contributed by atoms with Crippen LogP contribution in [0.3, 0.4) is 0 Å². The van der Waals surface area contributed by atoms with Gasteiger partial charge in [-0.25, -0.2) is 0 Å². The second kappa shape index (κ2) is 4.71. The molecule has 0 bridgehead atoms. The van der Waals surface area contributed by atoms with Crippen LogP contribution in [0, 0.1) is 0 Å². The fraction of sp³-hybridized carbons (Fsp3) is 1.00. The molecule has 1 fully saturated rings. The molecule has 1 rings (SSSR count). The number of halogens is 3. The van der Waals surface area contributed by atoms with E-state index in [-0.39, 0.29) is 6.54 Å². The lowest BCUT2D eigenvalue weighted by atomic mass is 10.0. The zero-order valence-corrected chi connectivity index (χ0v) is 10.5. The summed E-state index contributed by atoms with van der Waals surface area (Å²) in [5.74, 6) is 0. The van der Waals surface area contributed by atoms with Gasteiger partial charge in [-0.2, -0.15) is 30.6 Å². The molecule has 2 N–H and O–H groups in total. The Morgan fingerprint density at radius 1 is 1.41 bits per heavy atom. The lowest BCUT2D eigenvalue weighted by Gasteiger charge is -2.41. The van der Waals surface area contributed by atoms with Crippen LogP contribution >= 0.6 is 0 Å². The van der Waals surface area contributed by atoms with Crippen molar-refractivity contribution in [2.75, 3.05) is 26.2 Å². The molecule has 9 heteroatoms. The summed E-state index contributed by atoms with van der Waals surface area (Å²) in [7, 11) is -4.10. The van der Waals surface area contributed by atoms with Gasteiger partial charge in [0, 0.05) is 25.2 Å². The van der Waals surface area contributed by atoms with Crippen LogP contribution in [0.15, 0.2) is 0 Å². The first-order chi connectivity index (χ1) is 7.55. The van der Waals surface area contributed by atoms with Crippen LogP contribution in [-0.4, -0.2) is 50.6 Å². The maximum absolute atomic E-state index is 12.0. The SMILES string of the molecule is CC1(C)CNCCN1S(=O)(=O)NCC(F)(F)F. The number of nitrogens with one attached hydrogen (secondary N) is 2. The summed E-state index contributed by atoms with van der Waals surface area (Å²) in [6.07, 6.45) is -4.55. The van der Waals surface area contributed by atoms with Crippen molar-refractivity contribution in [3.05, 3.63) is 0 Å². The normalized spacial score (nSPS) is 22.6. The molecule has 0 aromatic rings. The predicted molar refractivity (Wildman–Crippen MR) is 56.6 cm³/mol. The Hall–Kier alpha value is -0.380. The number of alkyl halides is 3. The third-order valence-electron chi connectivity index (χ3n) is 2.47. The Balaban J connectivity index is 2.75. The fourth-order valence-electron chi connectivity index (χ4n) is 1.66. The maximum atomic E-state index is 12.0. The van der Waals surface area contributed by atoms with E-state index in [1.165, 1.54) is 0 Å². The van der Waals surface area contributed by atoms with Crippen LogP contribution in [0.4, 0.5) is 13.2 Å². The van der Waals surface area contributed by atoms with E-state index in [4.69, 9.17) is 0 Å². The summed E-state index contributed by atoms with van der Waals surface area (Å²) in [4.78, 5) is 0. The molecule has 1 heterocycles. The lowest BCUT2D eigenvalue weighted by Crippen LogP contribution is -2.62. The largest absolute Gasteiger partial charge is 0.402 e. The van der Waals surface area contributed by atoms with Gasteiger partial charge in [0.2, 0.25) is 0 Å². The Kier molecular flexibility index (Phi) is 4.07. The molecule has 5 nitrogen and oxygen atoms in total. The van der Waals surface area contributed by atoms with Gasteiger partial charge in [0.15, 0.2) is 0 Å². The highest BCUT2D eigenvalue weighted by atomic mass is 32.2. The number of nitrogens with zero attached hydrogens (tertiary/aromatic N) is 1. The first-order valence-electron chi connectivity index (χ1n) is 5.09. The number of piperazine rings is 1. The molecule has 0 atom stereocenters. The molecule has 0 aromatic heterocycles. The third kappa shape index (κ3) is 4.09. The van der Waals surface area contributed by atoms with Gasteiger partial charge >= 0.3 is 6.18 Å². The molecule has 1 saturated heterocycles. The lowest BCUT2D eigenvalue weighted by molar-refractivity contribution is -0.121. The van der Waals surface area contributed by atoms with Gasteiger partial charge in [0.25, 0.3) is 10.2 Å². The van der Waals surface area contributed by atoms with Gasteiger partial charge in [-0.15, -0.1) is 0 Å². The molecule has 1 aliphatic heterocycles. The number of hydrogen-bond acceptors (Lipinski definition) is 3. The Morgan fingerprint density at radius 2 is 2.00 bits per heavy atom. The summed E-state index contributed by atoms with van der Waals surface area (Å²) in [6, 6.07) is 0. The molecule has 0 amide bonds. The fourth-order valence-corrected chi connectivity index (χ4v) is 3.21. The summed E-state index contributed by atoms with van der Waals surface area (Å²) in [5.41, 5.74) is -0.740. The Labute approximate surface area is 98.5 Å². The van der Waals surface area contributed by atoms with Gasteiger partial charge in [-0.1, -0.05) is 0 Å². The Morgan fingerprint density at radius 3 is 2.47 bits per heavy atom. The van der Waals surface area contributed by atoms with Crippen LogP contribution in [0.25, 0.3) is 0 Å². The summed E-state index contributed by atoms with van der Waals surface area (Å²) in [6.45, 7) is 2.75. The molecule has 0 spiro atoms. The second-order valence-electron chi connectivity index (χ2n) is 4.50. The molecule has 0 saturated carbocycles. The zero-order chi connectivity index (χ0) is 13.3. The van der Waals surface area contributed by atoms with E-state index in [9.17, 15) is 21.6 Å². The van der Waals surface area contributed by atoms with Crippen LogP contribution in [0.1, 0.15) is 13.8 Å². The minimum Gasteiger partial charge on any atom is -0.314 e. The van der Waals surface area contributed by atoms with Gasteiger partial charge in [0.05, 0.1) is 0 Å². The average molecular weight is 275 g/mol. The van der Waals surface area contributed by atoms with Crippen LogP contribution in [0.2, 0.25) is 0 Å². The van der Waals surface area contributed by atoms with Crippen molar-refractivity contribution >= 4 is 10.2 Å². The highest BCUT2D eigenvalue weighted by Crippen LogP contribution is 2.20. The van der Waals surface area contributed by atoms with Crippen molar-refractivity contribution < 1.29 is 21.6 Å². The van der Waals surface area contributed by atoms with Crippen molar-refractivity contribution in [3.63, 3.8) is 0 Å². The van der Waals surface area contributed by atoms with E-state index in [2.05, 4.69) is 5.32 Å². The molecule has 17 heavy (non-hydrogen) atoms. The highest BCUT2D eigenvalue weighted by molar-refractivity contribution is 7.87. The van der Waals surface area contributed by atoms with Crippen molar-refractivity contribution in [3.8, 4) is 0 Å². The number of rotatable bonds is 3. The smallest absolute Gasteiger partial charge is 0.314 e. The van der Waals surface area contributed by atoms with Gasteiger partial charge in [-0.05, 0) is 13.8 Å². The van der Waals surface area contributed by atoms with Gasteiger partial charge in [0.1, 0.15) is 6.54 Å². The van der Waals surface area contributed by atoms with Gasteiger partial charge < -0.3 is 5.32 Å². The summed E-state index contributed by atoms with van der Waals surface area (Å²) < 4.78 is 62.1. The zero-order valence-electron chi connectivity index (χ0n) is 9.63. The van der Waals surface area contributed by atoms with Crippen molar-refractivity contribution in [1.29, 1.82) is 0 Å². The molecule has 0 aromatic carbocycles. The summed E-state index contributed by atoms with van der Waals surface area (Å²) >= 11 is 0. The van der Waals surface area contributed by atoms with Crippen molar-refractivity contribution in [1.82, 2.24) is 14.3 Å². The van der Waals surface area contributed by atoms with E-state index >= 15 is 0 Å². The van der Waals surface area contributed by atoms with Crippen molar-refractivity contribution in [2.24, 2.45) is 0 Å². The second-order valence-corrected chi connectivity index (χ2v) is 6.18. The van der Waals surface area contributed by atoms with Crippen molar-refractivity contribution in [2.45, 2.75) is 25.6 Å². The molecule has 102 valence electrons. The number of hydrogen-bond donors (Lipinski definition) is 2. The van der Waals surface area contributed by atoms with E-state index in [0.717, 1.165) is 4.31 Å². The molecular formula is C8H16F3N3O2S. The maximum Gasteiger partial charge on any atom is 0.402 e. The van der Waals surface area contributed by atoms with Crippen LogP contribution in [-0.2, 0) is 10.2 Å². The average Bonchev–Trinajstić information content (AvgIpc) is 2.13. The van der Waals surface area contributed by atoms with Crippen LogP contribution in [0.5, 0.6) is 0 Å². The van der Waals surface area contributed by atoms with E-state index in [0.29, 0.717) is 13.1 Å². The standard InChI is InChI=1S/C8H16F3N3O2S/c1-7(2)5-12-3-4-14(7)17(15,16)13-6-8(9,10)11/h12-13H,3-6H2,1-2H3. The minimum absolute atomic E-state index is 0.153. The predicted octanol–water partition coefficient (Wildman–Crippen LogP) is 0.0669. The molecular weight excluding hydrogens is 259 g/mol. The van der Waals surface area contributed by atoms with E-state index in [1.807, 2.05) is 0 Å². The third-order valence-corrected chi connectivity index (χ3v) is 4.24. The molecule has 0 aliphatic carbocycles. The Bertz CT molecular complexity index is 367. The molecule has 0 radical (unpaired) electrons. The molecule has 0 unspecified atom stereocenters. The monoisotopic (exact) mass is 275 g/mol. The highest BCUT2D eigenvalue weighted by Gasteiger charge is 2.40. The van der Waals surface area contributed by atoms with E-state index in [1.54, 1.807) is 18.6 Å². The van der Waals surface area contributed by atoms with E-state index < -0.39 is 28.5 Å². The minimum atomic E-state index is -4.55. The van der Waals surface area contributed by atoms with Gasteiger partial charge in [-0.3, -0.25) is 0 Å². The first kappa shape index (κ1) is 14.7. The molecule has 1 aliphatic rings. The van der Waals surface area contributed by atoms with Crippen LogP contribution < -0.4 is 10.0 Å².